The van der Waals surface area contributed by atoms with Gasteiger partial charge in [0, 0.05) is 6.61 Å². The van der Waals surface area contributed by atoms with E-state index in [4.69, 9.17) is 5.11 Å². The Bertz CT molecular complexity index is 316. The molecule has 0 aromatic heterocycles. The molecule has 0 amide bonds. The molecule has 13 heavy (non-hydrogen) atoms. The standard InChI is InChI=1S/C11H16O2/c1-7-6-8(2)10(4-5-12)11(13)9(7)3/h6,12-13H,4-5H2,1-3H3. The SMILES string of the molecule is Cc1cc(C)c(CCO)c(O)c1C. The van der Waals surface area contributed by atoms with Crippen molar-refractivity contribution in [3.63, 3.8) is 0 Å². The van der Waals surface area contributed by atoms with Crippen molar-refractivity contribution in [3.05, 3.63) is 28.3 Å². The molecule has 1 aromatic carbocycles. The van der Waals surface area contributed by atoms with Crippen molar-refractivity contribution in [2.24, 2.45) is 0 Å². The smallest absolute Gasteiger partial charge is 0.122 e. The van der Waals surface area contributed by atoms with Gasteiger partial charge in [-0.1, -0.05) is 6.07 Å². The summed E-state index contributed by atoms with van der Waals surface area (Å²) < 4.78 is 0. The van der Waals surface area contributed by atoms with Crippen LogP contribution in [0, 0.1) is 20.8 Å². The van der Waals surface area contributed by atoms with Crippen LogP contribution in [0.1, 0.15) is 22.3 Å². The number of phenolic OH excluding ortho intramolecular Hbond substituents is 1. The Balaban J connectivity index is 3.26. The van der Waals surface area contributed by atoms with Gasteiger partial charge in [-0.25, -0.2) is 0 Å². The first-order valence-corrected chi connectivity index (χ1v) is 4.47. The zero-order chi connectivity index (χ0) is 10.0. The van der Waals surface area contributed by atoms with E-state index in [0.29, 0.717) is 12.2 Å². The van der Waals surface area contributed by atoms with E-state index in [9.17, 15) is 5.11 Å². The van der Waals surface area contributed by atoms with Gasteiger partial charge in [-0.2, -0.15) is 0 Å². The maximum absolute atomic E-state index is 9.78. The van der Waals surface area contributed by atoms with Crippen LogP contribution in [0.15, 0.2) is 6.07 Å². The summed E-state index contributed by atoms with van der Waals surface area (Å²) in [6.45, 7) is 5.91. The Kier molecular flexibility index (Phi) is 2.94. The molecule has 0 radical (unpaired) electrons. The third kappa shape index (κ3) is 1.83. The third-order valence-corrected chi connectivity index (χ3v) is 2.50. The predicted octanol–water partition coefficient (Wildman–Crippen LogP) is 1.85. The van der Waals surface area contributed by atoms with E-state index in [-0.39, 0.29) is 6.61 Å². The average molecular weight is 180 g/mol. The molecule has 0 fully saturated rings. The van der Waals surface area contributed by atoms with Crippen LogP contribution in [0.25, 0.3) is 0 Å². The van der Waals surface area contributed by atoms with E-state index < -0.39 is 0 Å². The van der Waals surface area contributed by atoms with Crippen LogP contribution >= 0.6 is 0 Å². The molecule has 2 heteroatoms. The van der Waals surface area contributed by atoms with Crippen molar-refractivity contribution in [2.45, 2.75) is 27.2 Å². The van der Waals surface area contributed by atoms with Gasteiger partial charge in [-0.05, 0) is 49.4 Å². The summed E-state index contributed by atoms with van der Waals surface area (Å²) in [4.78, 5) is 0. The van der Waals surface area contributed by atoms with Crippen molar-refractivity contribution in [1.82, 2.24) is 0 Å². The number of rotatable bonds is 2. The number of benzene rings is 1. The second-order valence-corrected chi connectivity index (χ2v) is 3.44. The Morgan fingerprint density at radius 1 is 1.15 bits per heavy atom. The van der Waals surface area contributed by atoms with Crippen molar-refractivity contribution >= 4 is 0 Å². The van der Waals surface area contributed by atoms with Gasteiger partial charge >= 0.3 is 0 Å². The summed E-state index contributed by atoms with van der Waals surface area (Å²) in [5, 5.41) is 18.6. The van der Waals surface area contributed by atoms with Crippen molar-refractivity contribution in [2.75, 3.05) is 6.61 Å². The molecule has 72 valence electrons. The van der Waals surface area contributed by atoms with Gasteiger partial charge < -0.3 is 10.2 Å². The van der Waals surface area contributed by atoms with E-state index in [1.165, 1.54) is 0 Å². The number of aromatic hydroxyl groups is 1. The number of aliphatic hydroxyl groups excluding tert-OH is 1. The Morgan fingerprint density at radius 3 is 2.31 bits per heavy atom. The molecule has 0 aliphatic rings. The van der Waals surface area contributed by atoms with Crippen LogP contribution in [0.2, 0.25) is 0 Å². The highest BCUT2D eigenvalue weighted by Crippen LogP contribution is 2.28. The van der Waals surface area contributed by atoms with Crippen LogP contribution in [0.3, 0.4) is 0 Å². The predicted molar refractivity (Wildman–Crippen MR) is 53.1 cm³/mol. The molecule has 0 spiro atoms. The first kappa shape index (κ1) is 10.1. The normalized spacial score (nSPS) is 10.5. The van der Waals surface area contributed by atoms with E-state index in [1.54, 1.807) is 0 Å². The number of hydrogen-bond acceptors (Lipinski definition) is 2. The van der Waals surface area contributed by atoms with Crippen molar-refractivity contribution in [1.29, 1.82) is 0 Å². The lowest BCUT2D eigenvalue weighted by Gasteiger charge is -2.12. The number of phenols is 1. The fraction of sp³-hybridized carbons (Fsp3) is 0.455. The largest absolute Gasteiger partial charge is 0.507 e. The van der Waals surface area contributed by atoms with Crippen LogP contribution in [0.5, 0.6) is 5.75 Å². The van der Waals surface area contributed by atoms with E-state index in [1.807, 2.05) is 26.8 Å². The molecule has 1 rings (SSSR count). The maximum Gasteiger partial charge on any atom is 0.122 e. The van der Waals surface area contributed by atoms with E-state index in [0.717, 1.165) is 22.3 Å². The van der Waals surface area contributed by atoms with Crippen LogP contribution < -0.4 is 0 Å². The number of aryl methyl sites for hydroxylation is 2. The Labute approximate surface area is 78.8 Å². The maximum atomic E-state index is 9.78. The molecule has 0 bridgehead atoms. The topological polar surface area (TPSA) is 40.5 Å². The summed E-state index contributed by atoms with van der Waals surface area (Å²) >= 11 is 0. The summed E-state index contributed by atoms with van der Waals surface area (Å²) in [7, 11) is 0. The minimum Gasteiger partial charge on any atom is -0.507 e. The minimum atomic E-state index is 0.0803. The van der Waals surface area contributed by atoms with Crippen molar-refractivity contribution < 1.29 is 10.2 Å². The van der Waals surface area contributed by atoms with Crippen molar-refractivity contribution in [3.8, 4) is 5.75 Å². The summed E-state index contributed by atoms with van der Waals surface area (Å²) in [6, 6.07) is 2.04. The molecule has 0 saturated heterocycles. The van der Waals surface area contributed by atoms with Gasteiger partial charge in [0.15, 0.2) is 0 Å². The monoisotopic (exact) mass is 180 g/mol. The van der Waals surface area contributed by atoms with Gasteiger partial charge in [-0.15, -0.1) is 0 Å². The Hall–Kier alpha value is -1.02. The highest BCUT2D eigenvalue weighted by Gasteiger charge is 2.09. The zero-order valence-corrected chi connectivity index (χ0v) is 8.39. The van der Waals surface area contributed by atoms with Crippen LogP contribution in [-0.2, 0) is 6.42 Å². The lowest BCUT2D eigenvalue weighted by molar-refractivity contribution is 0.297. The molecule has 1 aromatic rings. The molecular weight excluding hydrogens is 164 g/mol. The van der Waals surface area contributed by atoms with Gasteiger partial charge in [0.1, 0.15) is 5.75 Å². The second-order valence-electron chi connectivity index (χ2n) is 3.44. The third-order valence-electron chi connectivity index (χ3n) is 2.50. The molecule has 2 N–H and O–H groups in total. The van der Waals surface area contributed by atoms with Crippen LogP contribution in [-0.4, -0.2) is 16.8 Å². The number of aliphatic hydroxyl groups is 1. The van der Waals surface area contributed by atoms with Gasteiger partial charge in [0.25, 0.3) is 0 Å². The summed E-state index contributed by atoms with van der Waals surface area (Å²) in [5.41, 5.74) is 3.92. The van der Waals surface area contributed by atoms with E-state index in [2.05, 4.69) is 0 Å². The lowest BCUT2D eigenvalue weighted by Crippen LogP contribution is -1.98. The lowest BCUT2D eigenvalue weighted by atomic mass is 9.97. The molecule has 0 heterocycles. The minimum absolute atomic E-state index is 0.0803. The van der Waals surface area contributed by atoms with Gasteiger partial charge in [-0.3, -0.25) is 0 Å². The fourth-order valence-electron chi connectivity index (χ4n) is 1.55. The zero-order valence-electron chi connectivity index (χ0n) is 8.39. The average Bonchev–Trinajstić information content (AvgIpc) is 2.09. The molecule has 0 saturated carbocycles. The molecule has 0 unspecified atom stereocenters. The van der Waals surface area contributed by atoms with Gasteiger partial charge in [0.2, 0.25) is 0 Å². The molecule has 0 aliphatic carbocycles. The highest BCUT2D eigenvalue weighted by molar-refractivity contribution is 5.48. The second kappa shape index (κ2) is 3.79. The fourth-order valence-corrected chi connectivity index (χ4v) is 1.55. The summed E-state index contributed by atoms with van der Waals surface area (Å²) in [5.74, 6) is 0.339. The first-order chi connectivity index (χ1) is 6.07. The molecule has 0 atom stereocenters. The molecule has 2 nitrogen and oxygen atoms in total. The molecular formula is C11H16O2. The van der Waals surface area contributed by atoms with E-state index >= 15 is 0 Å². The first-order valence-electron chi connectivity index (χ1n) is 4.47. The number of hydrogen-bond donors (Lipinski definition) is 2. The highest BCUT2D eigenvalue weighted by atomic mass is 16.3. The van der Waals surface area contributed by atoms with Crippen LogP contribution in [0.4, 0.5) is 0 Å². The molecule has 0 aliphatic heterocycles. The van der Waals surface area contributed by atoms with Gasteiger partial charge in [0.05, 0.1) is 0 Å². The quantitative estimate of drug-likeness (QED) is 0.729. The Morgan fingerprint density at radius 2 is 1.77 bits per heavy atom. The summed E-state index contributed by atoms with van der Waals surface area (Å²) in [6.07, 6.45) is 0.527.